The Balaban J connectivity index is 2.29. The van der Waals surface area contributed by atoms with Gasteiger partial charge in [-0.05, 0) is 50.9 Å². The quantitative estimate of drug-likeness (QED) is 0.582. The molecule has 0 saturated carbocycles. The largest absolute Gasteiger partial charge is 0.491 e. The van der Waals surface area contributed by atoms with Crippen molar-refractivity contribution in [2.45, 2.75) is 45.5 Å². The summed E-state index contributed by atoms with van der Waals surface area (Å²) in [5.74, 6) is 0. The van der Waals surface area contributed by atoms with Crippen molar-refractivity contribution < 1.29 is 14.4 Å². The second-order valence-electron chi connectivity index (χ2n) is 6.63. The lowest BCUT2D eigenvalue weighted by Gasteiger charge is -2.32. The van der Waals surface area contributed by atoms with Gasteiger partial charge in [0.25, 0.3) is 0 Å². The molecule has 0 unspecified atom stereocenters. The number of anilines is 1. The number of nitrogens with two attached hydrogens (primary N) is 2. The Morgan fingerprint density at radius 1 is 1.23 bits per heavy atom. The van der Waals surface area contributed by atoms with E-state index in [9.17, 15) is 5.11 Å². The Bertz CT molecular complexity index is 569. The molecule has 0 atom stereocenters. The Kier molecular flexibility index (Phi) is 4.68. The molecule has 1 heterocycles. The Morgan fingerprint density at radius 3 is 2.32 bits per heavy atom. The van der Waals surface area contributed by atoms with Crippen molar-refractivity contribution >= 4 is 18.9 Å². The number of nitrogen functional groups attached to an aromatic ring is 1. The van der Waals surface area contributed by atoms with Crippen LogP contribution in [-0.4, -0.2) is 30.0 Å². The van der Waals surface area contributed by atoms with E-state index in [0.29, 0.717) is 17.8 Å². The molecule has 1 saturated heterocycles. The number of aliphatic hydroxyl groups is 1. The molecule has 0 bridgehead atoms. The maximum absolute atomic E-state index is 9.31. The lowest BCUT2D eigenvalue weighted by atomic mass is 9.77. The van der Waals surface area contributed by atoms with Gasteiger partial charge in [-0.15, -0.1) is 0 Å². The van der Waals surface area contributed by atoms with Crippen molar-refractivity contribution in [1.82, 2.24) is 0 Å². The molecule has 0 aromatic heterocycles. The third-order valence-corrected chi connectivity index (χ3v) is 4.48. The number of aliphatic hydroxyl groups excluding tert-OH is 1. The normalized spacial score (nSPS) is 20.5. The van der Waals surface area contributed by atoms with Crippen LogP contribution in [0, 0.1) is 0 Å². The molecule has 0 spiro atoms. The van der Waals surface area contributed by atoms with Gasteiger partial charge in [-0.3, -0.25) is 0 Å². The highest BCUT2D eigenvalue weighted by molar-refractivity contribution is 6.55. The summed E-state index contributed by atoms with van der Waals surface area (Å²) in [6.07, 6.45) is 1.93. The zero-order chi connectivity index (χ0) is 16.5. The molecule has 0 amide bonds. The lowest BCUT2D eigenvalue weighted by molar-refractivity contribution is 0.00578. The minimum absolute atomic E-state index is 0.0953. The smallest absolute Gasteiger partial charge is 0.400 e. The van der Waals surface area contributed by atoms with E-state index in [1.165, 1.54) is 0 Å². The highest BCUT2D eigenvalue weighted by Gasteiger charge is 2.52. The van der Waals surface area contributed by atoms with E-state index in [4.69, 9.17) is 20.8 Å². The van der Waals surface area contributed by atoms with Crippen LogP contribution >= 0.6 is 0 Å². The monoisotopic (exact) mass is 304 g/mol. The first-order valence-electron chi connectivity index (χ1n) is 7.45. The molecule has 5 nitrogen and oxygen atoms in total. The third kappa shape index (κ3) is 3.20. The highest BCUT2D eigenvalue weighted by atomic mass is 16.7. The van der Waals surface area contributed by atoms with Gasteiger partial charge in [0.2, 0.25) is 0 Å². The lowest BCUT2D eigenvalue weighted by Crippen LogP contribution is -2.41. The van der Waals surface area contributed by atoms with Crippen LogP contribution in [0.4, 0.5) is 5.69 Å². The fraction of sp³-hybridized carbons (Fsp3) is 0.500. The summed E-state index contributed by atoms with van der Waals surface area (Å²) < 4.78 is 12.1. The zero-order valence-electron chi connectivity index (χ0n) is 13.7. The van der Waals surface area contributed by atoms with E-state index in [1.807, 2.05) is 45.9 Å². The average Bonchev–Trinajstić information content (AvgIpc) is 2.66. The maximum atomic E-state index is 9.31. The van der Waals surface area contributed by atoms with Crippen LogP contribution in [0.2, 0.25) is 0 Å². The SMILES string of the molecule is CC1(C)OB(C(=Cc2ccc(N)c(CO)c2)CN)OC1(C)C. The molecule has 0 aliphatic carbocycles. The van der Waals surface area contributed by atoms with Crippen LogP contribution in [0.25, 0.3) is 6.08 Å². The number of benzene rings is 1. The second-order valence-corrected chi connectivity index (χ2v) is 6.63. The molecule has 120 valence electrons. The first kappa shape index (κ1) is 17.0. The molecular weight excluding hydrogens is 279 g/mol. The summed E-state index contributed by atoms with van der Waals surface area (Å²) in [7, 11) is -0.467. The fourth-order valence-electron chi connectivity index (χ4n) is 2.28. The minimum Gasteiger partial charge on any atom is -0.400 e. The topological polar surface area (TPSA) is 90.7 Å². The second kappa shape index (κ2) is 6.04. The van der Waals surface area contributed by atoms with E-state index in [0.717, 1.165) is 11.0 Å². The Labute approximate surface area is 132 Å². The van der Waals surface area contributed by atoms with Gasteiger partial charge in [-0.25, -0.2) is 0 Å². The highest BCUT2D eigenvalue weighted by Crippen LogP contribution is 2.38. The van der Waals surface area contributed by atoms with Crippen molar-refractivity contribution in [1.29, 1.82) is 0 Å². The Morgan fingerprint density at radius 2 is 1.82 bits per heavy atom. The van der Waals surface area contributed by atoms with Crippen molar-refractivity contribution in [2.24, 2.45) is 5.73 Å². The molecule has 22 heavy (non-hydrogen) atoms. The molecule has 1 aromatic carbocycles. The molecule has 5 N–H and O–H groups in total. The van der Waals surface area contributed by atoms with Crippen LogP contribution in [0.3, 0.4) is 0 Å². The van der Waals surface area contributed by atoms with E-state index in [-0.39, 0.29) is 6.61 Å². The number of hydrogen-bond donors (Lipinski definition) is 3. The van der Waals surface area contributed by atoms with E-state index < -0.39 is 18.3 Å². The number of rotatable bonds is 4. The van der Waals surface area contributed by atoms with Crippen molar-refractivity contribution in [3.8, 4) is 0 Å². The zero-order valence-corrected chi connectivity index (χ0v) is 13.7. The van der Waals surface area contributed by atoms with Crippen LogP contribution in [0.5, 0.6) is 0 Å². The van der Waals surface area contributed by atoms with Gasteiger partial charge >= 0.3 is 7.12 Å². The van der Waals surface area contributed by atoms with Crippen LogP contribution in [0.1, 0.15) is 38.8 Å². The van der Waals surface area contributed by atoms with Crippen LogP contribution in [-0.2, 0) is 15.9 Å². The van der Waals surface area contributed by atoms with Crippen molar-refractivity contribution in [3.63, 3.8) is 0 Å². The summed E-state index contributed by atoms with van der Waals surface area (Å²) in [5, 5.41) is 9.31. The van der Waals surface area contributed by atoms with Gasteiger partial charge in [0.1, 0.15) is 0 Å². The van der Waals surface area contributed by atoms with Crippen LogP contribution < -0.4 is 11.5 Å². The first-order valence-corrected chi connectivity index (χ1v) is 7.45. The van der Waals surface area contributed by atoms with E-state index in [1.54, 1.807) is 6.07 Å². The number of hydrogen-bond acceptors (Lipinski definition) is 5. The van der Waals surface area contributed by atoms with Gasteiger partial charge in [0.05, 0.1) is 17.8 Å². The van der Waals surface area contributed by atoms with Gasteiger partial charge in [0, 0.05) is 17.8 Å². The van der Waals surface area contributed by atoms with Gasteiger partial charge in [-0.2, -0.15) is 0 Å². The first-order chi connectivity index (χ1) is 10.2. The van der Waals surface area contributed by atoms with Gasteiger partial charge in [-0.1, -0.05) is 12.1 Å². The molecule has 0 radical (unpaired) electrons. The summed E-state index contributed by atoms with van der Waals surface area (Å²) >= 11 is 0. The Hall–Kier alpha value is -1.34. The molecule has 2 rings (SSSR count). The van der Waals surface area contributed by atoms with E-state index in [2.05, 4.69) is 0 Å². The summed E-state index contributed by atoms with van der Waals surface area (Å²) in [6.45, 7) is 8.27. The van der Waals surface area contributed by atoms with E-state index >= 15 is 0 Å². The molecule has 1 aromatic rings. The van der Waals surface area contributed by atoms with Crippen molar-refractivity contribution in [2.75, 3.05) is 12.3 Å². The fourth-order valence-corrected chi connectivity index (χ4v) is 2.28. The predicted molar refractivity (Wildman–Crippen MR) is 89.9 cm³/mol. The molecular formula is C16H25BN2O3. The van der Waals surface area contributed by atoms with Crippen LogP contribution in [0.15, 0.2) is 23.7 Å². The minimum atomic E-state index is -0.467. The van der Waals surface area contributed by atoms with Gasteiger partial charge < -0.3 is 25.9 Å². The third-order valence-electron chi connectivity index (χ3n) is 4.48. The standard InChI is InChI=1S/C16H25BN2O3/c1-15(2)16(3,4)22-17(21-15)13(9-18)8-11-5-6-14(19)12(7-11)10-20/h5-8,20H,9-10,18-19H2,1-4H3. The molecule has 1 fully saturated rings. The molecule has 1 aliphatic heterocycles. The van der Waals surface area contributed by atoms with Crippen molar-refractivity contribution in [3.05, 3.63) is 34.8 Å². The van der Waals surface area contributed by atoms with Gasteiger partial charge in [0.15, 0.2) is 0 Å². The summed E-state index contributed by atoms with van der Waals surface area (Å²) in [6, 6.07) is 5.50. The summed E-state index contributed by atoms with van der Waals surface area (Å²) in [5.41, 5.74) is 13.9. The maximum Gasteiger partial charge on any atom is 0.491 e. The average molecular weight is 304 g/mol. The molecule has 6 heteroatoms. The summed E-state index contributed by atoms with van der Waals surface area (Å²) in [4.78, 5) is 0. The predicted octanol–water partition coefficient (Wildman–Crippen LogP) is 1.73. The molecule has 1 aliphatic rings.